The van der Waals surface area contributed by atoms with Crippen molar-refractivity contribution in [3.8, 4) is 5.82 Å². The lowest BCUT2D eigenvalue weighted by atomic mass is 10.2. The minimum Gasteiger partial charge on any atom is -0.308 e. The standard InChI is InChI=1S/C19H17F3N6O3S/c20-19(21,22)12-2-1-3-14(8-12)25-18(29)26-16-9-15(32(30,31)27-13-4-5-13)10-24-17(16)28-7-6-23-11-28/h1-3,6-11,13,27H,4-5H2,(H2,25,26,29). The van der Waals surface area contributed by atoms with Crippen molar-refractivity contribution in [1.29, 1.82) is 0 Å². The van der Waals surface area contributed by atoms with E-state index in [4.69, 9.17) is 0 Å². The van der Waals surface area contributed by atoms with Crippen LogP contribution in [-0.2, 0) is 16.2 Å². The van der Waals surface area contributed by atoms with Crippen molar-refractivity contribution in [2.24, 2.45) is 0 Å². The highest BCUT2D eigenvalue weighted by Gasteiger charge is 2.31. The summed E-state index contributed by atoms with van der Waals surface area (Å²) in [6.07, 6.45) is 2.46. The summed E-state index contributed by atoms with van der Waals surface area (Å²) in [7, 11) is -3.86. The van der Waals surface area contributed by atoms with E-state index in [0.717, 1.165) is 37.2 Å². The Morgan fingerprint density at radius 2 is 1.94 bits per heavy atom. The van der Waals surface area contributed by atoms with E-state index in [1.165, 1.54) is 35.4 Å². The Bertz CT molecular complexity index is 1240. The molecule has 0 bridgehead atoms. The molecule has 0 spiro atoms. The first kappa shape index (κ1) is 21.8. The first-order chi connectivity index (χ1) is 15.1. The minimum absolute atomic E-state index is 0.0196. The van der Waals surface area contributed by atoms with Crippen LogP contribution >= 0.6 is 0 Å². The predicted octanol–water partition coefficient (Wildman–Crippen LogP) is 3.37. The van der Waals surface area contributed by atoms with Crippen LogP contribution in [0, 0.1) is 0 Å². The van der Waals surface area contributed by atoms with Gasteiger partial charge in [-0.25, -0.2) is 27.9 Å². The molecule has 2 aromatic heterocycles. The Morgan fingerprint density at radius 1 is 1.16 bits per heavy atom. The number of carbonyl (C=O) groups is 1. The van der Waals surface area contributed by atoms with Crippen LogP contribution in [0.25, 0.3) is 5.82 Å². The van der Waals surface area contributed by atoms with Crippen LogP contribution in [0.15, 0.2) is 60.1 Å². The summed E-state index contributed by atoms with van der Waals surface area (Å²) in [5, 5.41) is 4.76. The first-order valence-corrected chi connectivity index (χ1v) is 10.9. The predicted molar refractivity (Wildman–Crippen MR) is 109 cm³/mol. The second kappa shape index (κ2) is 8.24. The molecule has 3 aromatic rings. The summed E-state index contributed by atoms with van der Waals surface area (Å²) in [6, 6.07) is 4.34. The fourth-order valence-electron chi connectivity index (χ4n) is 2.81. The number of aromatic nitrogens is 3. The second-order valence-electron chi connectivity index (χ2n) is 7.07. The number of halogens is 3. The minimum atomic E-state index is -4.57. The van der Waals surface area contributed by atoms with Crippen LogP contribution in [-0.4, -0.2) is 35.0 Å². The van der Waals surface area contributed by atoms with Gasteiger partial charge in [0.2, 0.25) is 10.0 Å². The normalized spacial score (nSPS) is 14.2. The molecule has 0 radical (unpaired) electrons. The fraction of sp³-hybridized carbons (Fsp3) is 0.211. The van der Waals surface area contributed by atoms with Crippen molar-refractivity contribution < 1.29 is 26.4 Å². The summed E-state index contributed by atoms with van der Waals surface area (Å²) in [4.78, 5) is 20.4. The Morgan fingerprint density at radius 3 is 2.59 bits per heavy atom. The first-order valence-electron chi connectivity index (χ1n) is 9.38. The highest BCUT2D eigenvalue weighted by molar-refractivity contribution is 7.89. The van der Waals surface area contributed by atoms with E-state index in [1.807, 2.05) is 0 Å². The zero-order valence-corrected chi connectivity index (χ0v) is 17.1. The Balaban J connectivity index is 1.61. The number of imidazole rings is 1. The smallest absolute Gasteiger partial charge is 0.308 e. The average molecular weight is 466 g/mol. The van der Waals surface area contributed by atoms with E-state index in [1.54, 1.807) is 0 Å². The third-order valence-corrected chi connectivity index (χ3v) is 5.98. The molecule has 2 amide bonds. The third-order valence-electron chi connectivity index (χ3n) is 4.50. The van der Waals surface area contributed by atoms with Gasteiger partial charge in [0.25, 0.3) is 0 Å². The number of nitrogens with zero attached hydrogens (tertiary/aromatic N) is 3. The molecule has 0 aliphatic heterocycles. The highest BCUT2D eigenvalue weighted by Crippen LogP contribution is 2.31. The van der Waals surface area contributed by atoms with Crippen molar-refractivity contribution in [3.63, 3.8) is 0 Å². The molecule has 13 heteroatoms. The van der Waals surface area contributed by atoms with E-state index in [-0.39, 0.29) is 28.1 Å². The lowest BCUT2D eigenvalue weighted by molar-refractivity contribution is -0.137. The van der Waals surface area contributed by atoms with Crippen LogP contribution in [0.5, 0.6) is 0 Å². The largest absolute Gasteiger partial charge is 0.416 e. The van der Waals surface area contributed by atoms with Crippen LogP contribution in [0.1, 0.15) is 18.4 Å². The van der Waals surface area contributed by atoms with E-state index < -0.39 is 27.8 Å². The number of nitrogens with one attached hydrogen (secondary N) is 3. The zero-order valence-electron chi connectivity index (χ0n) is 16.3. The lowest BCUT2D eigenvalue weighted by Crippen LogP contribution is -2.26. The van der Waals surface area contributed by atoms with Crippen molar-refractivity contribution in [2.45, 2.75) is 30.0 Å². The van der Waals surface area contributed by atoms with Gasteiger partial charge in [-0.3, -0.25) is 4.57 Å². The summed E-state index contributed by atoms with van der Waals surface area (Å²) in [5.74, 6) is 0.173. The molecular weight excluding hydrogens is 449 g/mol. The molecule has 0 saturated heterocycles. The van der Waals surface area contributed by atoms with Gasteiger partial charge in [-0.05, 0) is 37.1 Å². The van der Waals surface area contributed by atoms with Crippen LogP contribution in [0.3, 0.4) is 0 Å². The molecular formula is C19H17F3N6O3S. The fourth-order valence-corrected chi connectivity index (χ4v) is 4.09. The zero-order chi connectivity index (χ0) is 22.9. The molecule has 1 fully saturated rings. The lowest BCUT2D eigenvalue weighted by Gasteiger charge is -2.14. The number of benzene rings is 1. The quantitative estimate of drug-likeness (QED) is 0.515. The van der Waals surface area contributed by atoms with E-state index in [0.29, 0.717) is 0 Å². The van der Waals surface area contributed by atoms with Crippen molar-refractivity contribution in [2.75, 3.05) is 10.6 Å². The number of sulfonamides is 1. The maximum Gasteiger partial charge on any atom is 0.416 e. The molecule has 168 valence electrons. The monoisotopic (exact) mass is 466 g/mol. The number of urea groups is 1. The van der Waals surface area contributed by atoms with Gasteiger partial charge < -0.3 is 10.6 Å². The third kappa shape index (κ3) is 5.06. The summed E-state index contributed by atoms with van der Waals surface area (Å²) in [6.45, 7) is 0. The Hall–Kier alpha value is -3.45. The number of alkyl halides is 3. The van der Waals surface area contributed by atoms with Gasteiger partial charge in [-0.2, -0.15) is 13.2 Å². The molecule has 0 atom stereocenters. The molecule has 1 saturated carbocycles. The second-order valence-corrected chi connectivity index (χ2v) is 8.78. The number of amides is 2. The summed E-state index contributed by atoms with van der Waals surface area (Å²) < 4.78 is 67.8. The van der Waals surface area contributed by atoms with E-state index in [9.17, 15) is 26.4 Å². The van der Waals surface area contributed by atoms with Gasteiger partial charge in [0.05, 0.1) is 11.3 Å². The maximum absolute atomic E-state index is 12.9. The van der Waals surface area contributed by atoms with Crippen molar-refractivity contribution in [1.82, 2.24) is 19.3 Å². The topological polar surface area (TPSA) is 118 Å². The summed E-state index contributed by atoms with van der Waals surface area (Å²) >= 11 is 0. The van der Waals surface area contributed by atoms with Crippen LogP contribution < -0.4 is 15.4 Å². The number of hydrogen-bond donors (Lipinski definition) is 3. The Kier molecular flexibility index (Phi) is 5.60. The van der Waals surface area contributed by atoms with Crippen LogP contribution in [0.4, 0.5) is 29.3 Å². The van der Waals surface area contributed by atoms with Gasteiger partial charge in [0.1, 0.15) is 11.2 Å². The van der Waals surface area contributed by atoms with E-state index in [2.05, 4.69) is 25.3 Å². The maximum atomic E-state index is 12.9. The number of rotatable bonds is 6. The number of carbonyl (C=O) groups excluding carboxylic acids is 1. The average Bonchev–Trinajstić information content (AvgIpc) is 3.35. The molecule has 2 heterocycles. The SMILES string of the molecule is O=C(Nc1cccc(C(F)(F)F)c1)Nc1cc(S(=O)(=O)NC2CC2)cnc1-n1ccnc1. The van der Waals surface area contributed by atoms with Crippen LogP contribution in [0.2, 0.25) is 0 Å². The number of pyridine rings is 1. The summed E-state index contributed by atoms with van der Waals surface area (Å²) in [5.41, 5.74) is -0.991. The number of anilines is 2. The molecule has 1 aliphatic rings. The Labute approximate surface area is 180 Å². The molecule has 0 unspecified atom stereocenters. The van der Waals surface area contributed by atoms with E-state index >= 15 is 0 Å². The van der Waals surface area contributed by atoms with Gasteiger partial charge in [0.15, 0.2) is 5.82 Å². The highest BCUT2D eigenvalue weighted by atomic mass is 32.2. The van der Waals surface area contributed by atoms with Crippen molar-refractivity contribution in [3.05, 3.63) is 60.8 Å². The van der Waals surface area contributed by atoms with Gasteiger partial charge in [0, 0.05) is 30.3 Å². The molecule has 32 heavy (non-hydrogen) atoms. The van der Waals surface area contributed by atoms with Gasteiger partial charge >= 0.3 is 12.2 Å². The molecule has 3 N–H and O–H groups in total. The molecule has 1 aromatic carbocycles. The van der Waals surface area contributed by atoms with Crippen molar-refractivity contribution >= 4 is 27.4 Å². The van der Waals surface area contributed by atoms with Gasteiger partial charge in [-0.1, -0.05) is 6.07 Å². The number of hydrogen-bond acceptors (Lipinski definition) is 5. The molecule has 9 nitrogen and oxygen atoms in total. The molecule has 4 rings (SSSR count). The van der Waals surface area contributed by atoms with Gasteiger partial charge in [-0.15, -0.1) is 0 Å². The molecule has 1 aliphatic carbocycles.